The van der Waals surface area contributed by atoms with Gasteiger partial charge in [-0.3, -0.25) is 19.2 Å². The van der Waals surface area contributed by atoms with Gasteiger partial charge in [-0.15, -0.1) is 0 Å². The molecule has 1 aliphatic heterocycles. The Morgan fingerprint density at radius 1 is 0.933 bits per heavy atom. The number of nitrogens with two attached hydrogens (primary N) is 1. The van der Waals surface area contributed by atoms with E-state index >= 15 is 0 Å². The highest BCUT2D eigenvalue weighted by molar-refractivity contribution is 6.42. The number of hydrogen-bond donors (Lipinski definition) is 1. The molecule has 0 aliphatic carbocycles. The lowest BCUT2D eigenvalue weighted by Crippen LogP contribution is -2.63. The Balaban J connectivity index is 2.18. The van der Waals surface area contributed by atoms with Gasteiger partial charge in [0.1, 0.15) is 12.6 Å². The van der Waals surface area contributed by atoms with Crippen LogP contribution in [0.2, 0.25) is 0 Å². The minimum absolute atomic E-state index is 0.162. The SMILES string of the molecule is COCC(=O)N1C=C(c2ccc(OC)c(OC)c2)N(CC(=O)[C@@](N)(Cc2ccccc2)C(=O)C(=O)OC(C)C)C(=O)C1C(C)C. The van der Waals surface area contributed by atoms with E-state index in [1.165, 1.54) is 37.3 Å². The van der Waals surface area contributed by atoms with Gasteiger partial charge in [0.05, 0.1) is 32.6 Å². The van der Waals surface area contributed by atoms with Crippen LogP contribution in [0.1, 0.15) is 38.8 Å². The van der Waals surface area contributed by atoms with Crippen LogP contribution in [-0.4, -0.2) is 91.3 Å². The van der Waals surface area contributed by atoms with Gasteiger partial charge in [0.25, 0.3) is 17.6 Å². The van der Waals surface area contributed by atoms with Crippen LogP contribution < -0.4 is 15.2 Å². The molecule has 1 unspecified atom stereocenters. The summed E-state index contributed by atoms with van der Waals surface area (Å²) in [5.74, 6) is -4.08. The molecule has 0 bridgehead atoms. The van der Waals surface area contributed by atoms with Crippen LogP contribution in [0.5, 0.6) is 11.5 Å². The lowest BCUT2D eigenvalue weighted by molar-refractivity contribution is -0.160. The molecule has 2 aromatic carbocycles. The molecule has 2 atom stereocenters. The summed E-state index contributed by atoms with van der Waals surface area (Å²) in [5, 5.41) is 0. The minimum Gasteiger partial charge on any atom is -0.493 e. The highest BCUT2D eigenvalue weighted by atomic mass is 16.5. The fourth-order valence-corrected chi connectivity index (χ4v) is 5.06. The van der Waals surface area contributed by atoms with Crippen LogP contribution >= 0.6 is 0 Å². The number of amides is 2. The Labute approximate surface area is 263 Å². The van der Waals surface area contributed by atoms with Gasteiger partial charge in [0.2, 0.25) is 0 Å². The third-order valence-electron chi connectivity index (χ3n) is 7.30. The highest BCUT2D eigenvalue weighted by Gasteiger charge is 2.49. The molecule has 0 aromatic heterocycles. The molecule has 12 heteroatoms. The topological polar surface area (TPSA) is 155 Å². The van der Waals surface area contributed by atoms with Gasteiger partial charge in [-0.05, 0) is 43.5 Å². The molecule has 3 rings (SSSR count). The molecule has 45 heavy (non-hydrogen) atoms. The molecular formula is C33H41N3O9. The van der Waals surface area contributed by atoms with E-state index < -0.39 is 53.6 Å². The molecule has 2 aromatic rings. The second-order valence-electron chi connectivity index (χ2n) is 11.3. The zero-order valence-electron chi connectivity index (χ0n) is 26.7. The number of ketones is 2. The Morgan fingerprint density at radius 3 is 2.13 bits per heavy atom. The van der Waals surface area contributed by atoms with E-state index in [9.17, 15) is 24.0 Å². The zero-order chi connectivity index (χ0) is 33.5. The Morgan fingerprint density at radius 2 is 1.58 bits per heavy atom. The average Bonchev–Trinajstić information content (AvgIpc) is 3.00. The zero-order valence-corrected chi connectivity index (χ0v) is 26.7. The van der Waals surface area contributed by atoms with E-state index in [1.807, 2.05) is 0 Å². The van der Waals surface area contributed by atoms with Gasteiger partial charge in [-0.25, -0.2) is 4.79 Å². The number of ether oxygens (including phenoxy) is 4. The van der Waals surface area contributed by atoms with Crippen molar-refractivity contribution in [2.24, 2.45) is 11.7 Å². The maximum Gasteiger partial charge on any atom is 0.377 e. The summed E-state index contributed by atoms with van der Waals surface area (Å²) in [7, 11) is 4.28. The fourth-order valence-electron chi connectivity index (χ4n) is 5.06. The fraction of sp³-hybridized carbons (Fsp3) is 0.424. The Kier molecular flexibility index (Phi) is 11.6. The first kappa shape index (κ1) is 34.9. The van der Waals surface area contributed by atoms with Gasteiger partial charge >= 0.3 is 5.97 Å². The second-order valence-corrected chi connectivity index (χ2v) is 11.3. The normalized spacial score (nSPS) is 16.3. The molecule has 0 fully saturated rings. The van der Waals surface area contributed by atoms with E-state index in [-0.39, 0.29) is 24.6 Å². The predicted molar refractivity (Wildman–Crippen MR) is 165 cm³/mol. The molecular weight excluding hydrogens is 582 g/mol. The van der Waals surface area contributed by atoms with Gasteiger partial charge in [-0.2, -0.15) is 0 Å². The minimum atomic E-state index is -2.37. The standard InChI is InChI=1S/C33H41N3O9/c1-20(2)29-31(40)35(24(17-36(29)28(38)19-42-5)23-13-14-25(43-6)26(15-23)44-7)18-27(37)33(34,16-22-11-9-8-10-12-22)30(39)32(41)45-21(3)4/h8-15,17,20-21,29H,16,18-19,34H2,1-7H3/t29?,33-/m0/s1. The molecule has 2 N–H and O–H groups in total. The van der Waals surface area contributed by atoms with Crippen molar-refractivity contribution in [3.8, 4) is 11.5 Å². The number of methoxy groups -OCH3 is 3. The van der Waals surface area contributed by atoms with Crippen LogP contribution in [0.25, 0.3) is 5.70 Å². The van der Waals surface area contributed by atoms with E-state index in [2.05, 4.69) is 0 Å². The molecule has 0 radical (unpaired) electrons. The first-order valence-electron chi connectivity index (χ1n) is 14.5. The van der Waals surface area contributed by atoms with Crippen LogP contribution in [0.3, 0.4) is 0 Å². The third-order valence-corrected chi connectivity index (χ3v) is 7.30. The van der Waals surface area contributed by atoms with E-state index in [0.29, 0.717) is 22.6 Å². The van der Waals surface area contributed by atoms with Crippen molar-refractivity contribution >= 4 is 35.0 Å². The number of esters is 1. The van der Waals surface area contributed by atoms with Crippen molar-refractivity contribution in [3.05, 3.63) is 65.9 Å². The molecule has 0 saturated carbocycles. The molecule has 242 valence electrons. The van der Waals surface area contributed by atoms with Gasteiger partial charge in [0, 0.05) is 25.3 Å². The number of nitrogens with zero attached hydrogens (tertiary/aromatic N) is 2. The molecule has 2 amide bonds. The summed E-state index contributed by atoms with van der Waals surface area (Å²) in [6.07, 6.45) is 0.511. The summed E-state index contributed by atoms with van der Waals surface area (Å²) in [6, 6.07) is 12.4. The predicted octanol–water partition coefficient (Wildman–Crippen LogP) is 2.37. The smallest absolute Gasteiger partial charge is 0.377 e. The summed E-state index contributed by atoms with van der Waals surface area (Å²) in [4.78, 5) is 70.4. The van der Waals surface area contributed by atoms with Crippen LogP contribution in [-0.2, 0) is 39.9 Å². The van der Waals surface area contributed by atoms with Gasteiger partial charge < -0.3 is 34.5 Å². The van der Waals surface area contributed by atoms with Crippen molar-refractivity contribution in [2.45, 2.75) is 51.8 Å². The highest BCUT2D eigenvalue weighted by Crippen LogP contribution is 2.35. The number of hydrogen-bond acceptors (Lipinski definition) is 10. The summed E-state index contributed by atoms with van der Waals surface area (Å²) < 4.78 is 21.0. The molecule has 1 aliphatic rings. The Bertz CT molecular complexity index is 1450. The van der Waals surface area contributed by atoms with Crippen LogP contribution in [0.15, 0.2) is 54.7 Å². The van der Waals surface area contributed by atoms with Crippen molar-refractivity contribution in [1.82, 2.24) is 9.80 Å². The second kappa shape index (κ2) is 15.0. The van der Waals surface area contributed by atoms with Gasteiger partial charge in [0.15, 0.2) is 22.8 Å². The monoisotopic (exact) mass is 623 g/mol. The van der Waals surface area contributed by atoms with Crippen molar-refractivity contribution in [3.63, 3.8) is 0 Å². The molecule has 0 saturated heterocycles. The number of carbonyl (C=O) groups excluding carboxylic acids is 5. The first-order chi connectivity index (χ1) is 21.3. The summed E-state index contributed by atoms with van der Waals surface area (Å²) >= 11 is 0. The van der Waals surface area contributed by atoms with E-state index in [1.54, 1.807) is 76.2 Å². The van der Waals surface area contributed by atoms with Crippen LogP contribution in [0, 0.1) is 5.92 Å². The third kappa shape index (κ3) is 7.76. The Hall–Kier alpha value is -4.55. The van der Waals surface area contributed by atoms with E-state index in [4.69, 9.17) is 24.7 Å². The first-order valence-corrected chi connectivity index (χ1v) is 14.5. The number of rotatable bonds is 14. The maximum atomic E-state index is 14.2. The van der Waals surface area contributed by atoms with Crippen molar-refractivity contribution < 1.29 is 42.9 Å². The number of benzene rings is 2. The van der Waals surface area contributed by atoms with Crippen molar-refractivity contribution in [1.29, 1.82) is 0 Å². The summed E-state index contributed by atoms with van der Waals surface area (Å²) in [5.41, 5.74) is 5.28. The molecule has 0 spiro atoms. The van der Waals surface area contributed by atoms with Crippen LogP contribution in [0.4, 0.5) is 0 Å². The molecule has 12 nitrogen and oxygen atoms in total. The quantitative estimate of drug-likeness (QED) is 0.188. The van der Waals surface area contributed by atoms with Gasteiger partial charge in [-0.1, -0.05) is 44.2 Å². The largest absolute Gasteiger partial charge is 0.493 e. The van der Waals surface area contributed by atoms with E-state index in [0.717, 1.165) is 0 Å². The molecule has 1 heterocycles. The number of Topliss-reactive ketones (excluding diaryl/α,β-unsaturated/α-hetero) is 2. The number of carbonyl (C=O) groups is 5. The lowest BCUT2D eigenvalue weighted by atomic mass is 9.82. The lowest BCUT2D eigenvalue weighted by Gasteiger charge is -2.41. The average molecular weight is 624 g/mol. The maximum absolute atomic E-state index is 14.2. The summed E-state index contributed by atoms with van der Waals surface area (Å²) in [6.45, 7) is 5.69. The van der Waals surface area contributed by atoms with Crippen molar-refractivity contribution in [2.75, 3.05) is 34.5 Å².